The van der Waals surface area contributed by atoms with Crippen LogP contribution in [0.25, 0.3) is 0 Å². The molecular weight excluding hydrogens is 220 g/mol. The van der Waals surface area contributed by atoms with Crippen molar-refractivity contribution in [1.29, 1.82) is 0 Å². The van der Waals surface area contributed by atoms with Gasteiger partial charge in [0.05, 0.1) is 20.3 Å². The van der Waals surface area contributed by atoms with Gasteiger partial charge in [-0.05, 0) is 12.6 Å². The van der Waals surface area contributed by atoms with Gasteiger partial charge in [-0.2, -0.15) is 0 Å². The molecule has 0 saturated heterocycles. The summed E-state index contributed by atoms with van der Waals surface area (Å²) in [6.07, 6.45) is -0.559. The molecule has 1 aromatic carbocycles. The van der Waals surface area contributed by atoms with Crippen LogP contribution >= 0.6 is 0 Å². The van der Waals surface area contributed by atoms with Crippen molar-refractivity contribution in [3.63, 3.8) is 0 Å². The van der Waals surface area contributed by atoms with Gasteiger partial charge in [-0.15, -0.1) is 0 Å². The molecule has 0 fully saturated rings. The Bertz CT molecular complexity index is 409. The molecule has 1 aliphatic heterocycles. The first-order chi connectivity index (χ1) is 8.21. The number of aliphatic hydroxyl groups is 1. The van der Waals surface area contributed by atoms with Crippen molar-refractivity contribution >= 4 is 5.69 Å². The fraction of sp³-hybridized carbons (Fsp3) is 0.500. The Balaban J connectivity index is 2.43. The van der Waals surface area contributed by atoms with E-state index in [1.165, 1.54) is 0 Å². The zero-order chi connectivity index (χ0) is 12.4. The second-order valence-corrected chi connectivity index (χ2v) is 4.12. The lowest BCUT2D eigenvalue weighted by Gasteiger charge is -2.31. The van der Waals surface area contributed by atoms with Gasteiger partial charge in [0, 0.05) is 29.8 Å². The van der Waals surface area contributed by atoms with Gasteiger partial charge in [0.1, 0.15) is 0 Å². The number of fused-ring (bicyclic) bond motifs is 1. The summed E-state index contributed by atoms with van der Waals surface area (Å²) in [6, 6.07) is 3.64. The summed E-state index contributed by atoms with van der Waals surface area (Å²) in [5, 5.41) is 13.4. The maximum absolute atomic E-state index is 10.2. The summed E-state index contributed by atoms with van der Waals surface area (Å²) < 4.78 is 10.4. The second-order valence-electron chi connectivity index (χ2n) is 4.12. The van der Waals surface area contributed by atoms with Gasteiger partial charge in [-0.1, -0.05) is 0 Å². The Morgan fingerprint density at radius 1 is 1.35 bits per heavy atom. The molecule has 0 aliphatic carbocycles. The molecule has 0 saturated carbocycles. The van der Waals surface area contributed by atoms with Crippen LogP contribution in [0.1, 0.15) is 11.7 Å². The minimum absolute atomic E-state index is 0.0283. The highest BCUT2D eigenvalue weighted by Gasteiger charge is 2.28. The van der Waals surface area contributed by atoms with Gasteiger partial charge < -0.3 is 25.6 Å². The molecule has 1 aliphatic rings. The molecule has 0 spiro atoms. The summed E-state index contributed by atoms with van der Waals surface area (Å²) in [7, 11) is 3.17. The summed E-state index contributed by atoms with van der Waals surface area (Å²) in [5.41, 5.74) is 7.31. The molecule has 0 radical (unpaired) electrons. The number of ether oxygens (including phenoxy) is 2. The topological polar surface area (TPSA) is 76.7 Å². The number of nitrogens with one attached hydrogen (secondary N) is 1. The average molecular weight is 238 g/mol. The van der Waals surface area contributed by atoms with Crippen LogP contribution in [0.5, 0.6) is 11.5 Å². The largest absolute Gasteiger partial charge is 0.493 e. The monoisotopic (exact) mass is 238 g/mol. The molecule has 5 nitrogen and oxygen atoms in total. The third kappa shape index (κ3) is 2.03. The fourth-order valence-corrected chi connectivity index (χ4v) is 2.11. The zero-order valence-corrected chi connectivity index (χ0v) is 10.1. The van der Waals surface area contributed by atoms with Crippen molar-refractivity contribution in [2.45, 2.75) is 6.10 Å². The lowest BCUT2D eigenvalue weighted by Crippen LogP contribution is -2.33. The summed E-state index contributed by atoms with van der Waals surface area (Å²) in [5.74, 6) is 1.29. The second kappa shape index (κ2) is 4.81. The number of anilines is 1. The van der Waals surface area contributed by atoms with Crippen LogP contribution in [-0.2, 0) is 0 Å². The first-order valence-corrected chi connectivity index (χ1v) is 5.59. The van der Waals surface area contributed by atoms with Crippen LogP contribution in [0.15, 0.2) is 12.1 Å². The summed E-state index contributed by atoms with van der Waals surface area (Å²) in [4.78, 5) is 0. The van der Waals surface area contributed by atoms with E-state index in [2.05, 4.69) is 5.32 Å². The molecule has 1 aromatic rings. The molecule has 4 N–H and O–H groups in total. The molecule has 5 heteroatoms. The van der Waals surface area contributed by atoms with Crippen LogP contribution in [0, 0.1) is 5.92 Å². The normalized spacial score (nSPS) is 22.6. The fourth-order valence-electron chi connectivity index (χ4n) is 2.11. The van der Waals surface area contributed by atoms with E-state index in [0.717, 1.165) is 11.3 Å². The van der Waals surface area contributed by atoms with Crippen molar-refractivity contribution in [3.05, 3.63) is 17.7 Å². The lowest BCUT2D eigenvalue weighted by molar-refractivity contribution is 0.114. The van der Waals surface area contributed by atoms with E-state index in [4.69, 9.17) is 15.2 Å². The third-order valence-corrected chi connectivity index (χ3v) is 3.18. The summed E-state index contributed by atoms with van der Waals surface area (Å²) in [6.45, 7) is 1.11. The number of aliphatic hydroxyl groups excluding tert-OH is 1. The van der Waals surface area contributed by atoms with E-state index >= 15 is 0 Å². The Morgan fingerprint density at radius 3 is 2.59 bits per heavy atom. The molecule has 94 valence electrons. The standard InChI is InChI=1S/C12H18N2O3/c1-16-10-3-8-9(4-11(10)17-2)14-6-7(5-13)12(8)15/h3-4,7,12,14-15H,5-6,13H2,1-2H3/t7-,12-/m1/s1. The molecular formula is C12H18N2O3. The van der Waals surface area contributed by atoms with Crippen LogP contribution < -0.4 is 20.5 Å². The van der Waals surface area contributed by atoms with Crippen molar-refractivity contribution in [2.24, 2.45) is 11.7 Å². The molecule has 2 atom stereocenters. The molecule has 0 bridgehead atoms. The third-order valence-electron chi connectivity index (χ3n) is 3.18. The molecule has 0 unspecified atom stereocenters. The van der Waals surface area contributed by atoms with E-state index in [0.29, 0.717) is 24.6 Å². The SMILES string of the molecule is COc1cc2c(cc1OC)[C@H](O)[C@H](CN)CN2. The van der Waals surface area contributed by atoms with Crippen LogP contribution in [0.2, 0.25) is 0 Å². The van der Waals surface area contributed by atoms with Crippen molar-refractivity contribution in [3.8, 4) is 11.5 Å². The molecule has 2 rings (SSSR count). The minimum atomic E-state index is -0.559. The number of hydrogen-bond acceptors (Lipinski definition) is 5. The van der Waals surface area contributed by atoms with Gasteiger partial charge in [0.2, 0.25) is 0 Å². The Labute approximate surface area is 101 Å². The van der Waals surface area contributed by atoms with Crippen LogP contribution in [-0.4, -0.2) is 32.4 Å². The van der Waals surface area contributed by atoms with Gasteiger partial charge in [-0.25, -0.2) is 0 Å². The van der Waals surface area contributed by atoms with Crippen LogP contribution in [0.3, 0.4) is 0 Å². The maximum Gasteiger partial charge on any atom is 0.162 e. The Kier molecular flexibility index (Phi) is 3.40. The number of hydrogen-bond donors (Lipinski definition) is 3. The van der Waals surface area contributed by atoms with Crippen LogP contribution in [0.4, 0.5) is 5.69 Å². The molecule has 17 heavy (non-hydrogen) atoms. The first-order valence-electron chi connectivity index (χ1n) is 5.59. The van der Waals surface area contributed by atoms with Gasteiger partial charge in [0.15, 0.2) is 11.5 Å². The highest BCUT2D eigenvalue weighted by Crippen LogP contribution is 2.40. The van der Waals surface area contributed by atoms with Crippen molar-refractivity contribution in [1.82, 2.24) is 0 Å². The number of rotatable bonds is 3. The van der Waals surface area contributed by atoms with Crippen molar-refractivity contribution in [2.75, 3.05) is 32.6 Å². The maximum atomic E-state index is 10.2. The minimum Gasteiger partial charge on any atom is -0.493 e. The van der Waals surface area contributed by atoms with E-state index < -0.39 is 6.10 Å². The first kappa shape index (κ1) is 12.0. The number of nitrogens with two attached hydrogens (primary N) is 1. The van der Waals surface area contributed by atoms with E-state index in [1.54, 1.807) is 20.3 Å². The predicted octanol–water partition coefficient (Wildman–Crippen LogP) is 0.738. The highest BCUT2D eigenvalue weighted by atomic mass is 16.5. The van der Waals surface area contributed by atoms with Crippen molar-refractivity contribution < 1.29 is 14.6 Å². The predicted molar refractivity (Wildman–Crippen MR) is 65.5 cm³/mol. The van der Waals surface area contributed by atoms with Gasteiger partial charge in [-0.3, -0.25) is 0 Å². The van der Waals surface area contributed by atoms with E-state index in [-0.39, 0.29) is 5.92 Å². The quantitative estimate of drug-likeness (QED) is 0.724. The lowest BCUT2D eigenvalue weighted by atomic mass is 9.90. The summed E-state index contributed by atoms with van der Waals surface area (Å²) >= 11 is 0. The molecule has 0 amide bonds. The van der Waals surface area contributed by atoms with E-state index in [1.807, 2.05) is 6.07 Å². The average Bonchev–Trinajstić information content (AvgIpc) is 2.38. The Hall–Kier alpha value is -1.46. The smallest absolute Gasteiger partial charge is 0.162 e. The van der Waals surface area contributed by atoms with E-state index in [9.17, 15) is 5.11 Å². The molecule has 1 heterocycles. The number of benzene rings is 1. The van der Waals surface area contributed by atoms with Gasteiger partial charge >= 0.3 is 0 Å². The number of methoxy groups -OCH3 is 2. The zero-order valence-electron chi connectivity index (χ0n) is 10.1. The van der Waals surface area contributed by atoms with Gasteiger partial charge in [0.25, 0.3) is 0 Å². The molecule has 0 aromatic heterocycles. The Morgan fingerprint density at radius 2 is 2.00 bits per heavy atom. The highest BCUT2D eigenvalue weighted by molar-refractivity contribution is 5.62.